The fraction of sp³-hybridized carbons (Fsp3) is 0.562. The third-order valence-electron chi connectivity index (χ3n) is 3.78. The van der Waals surface area contributed by atoms with Gasteiger partial charge in [0, 0.05) is 19.1 Å². The normalized spacial score (nSPS) is 16.5. The molecular formula is C16H24N2O2. The van der Waals surface area contributed by atoms with E-state index in [9.17, 15) is 4.79 Å². The van der Waals surface area contributed by atoms with Crippen LogP contribution in [-0.4, -0.2) is 36.5 Å². The average Bonchev–Trinajstić information content (AvgIpc) is 2.45. The van der Waals surface area contributed by atoms with Gasteiger partial charge in [-0.05, 0) is 30.4 Å². The summed E-state index contributed by atoms with van der Waals surface area (Å²) in [4.78, 5) is 14.0. The molecule has 20 heavy (non-hydrogen) atoms. The lowest BCUT2D eigenvalue weighted by Gasteiger charge is -2.30. The number of hydrogen-bond acceptors (Lipinski definition) is 3. The van der Waals surface area contributed by atoms with Gasteiger partial charge in [0.1, 0.15) is 5.75 Å². The third kappa shape index (κ3) is 3.73. The quantitative estimate of drug-likeness (QED) is 0.916. The minimum atomic E-state index is 0.0514. The maximum Gasteiger partial charge on any atom is 0.260 e. The van der Waals surface area contributed by atoms with E-state index < -0.39 is 0 Å². The number of amides is 1. The van der Waals surface area contributed by atoms with E-state index in [1.165, 1.54) is 0 Å². The van der Waals surface area contributed by atoms with E-state index in [2.05, 4.69) is 13.8 Å². The number of rotatable bonds is 4. The Morgan fingerprint density at radius 3 is 2.65 bits per heavy atom. The predicted octanol–water partition coefficient (Wildman–Crippen LogP) is 2.14. The lowest BCUT2D eigenvalue weighted by Crippen LogP contribution is -2.44. The highest BCUT2D eigenvalue weighted by Gasteiger charge is 2.21. The van der Waals surface area contributed by atoms with Crippen LogP contribution in [0.4, 0.5) is 0 Å². The van der Waals surface area contributed by atoms with Crippen molar-refractivity contribution in [2.24, 2.45) is 5.73 Å². The van der Waals surface area contributed by atoms with E-state index in [-0.39, 0.29) is 18.6 Å². The van der Waals surface area contributed by atoms with Crippen LogP contribution in [0.2, 0.25) is 0 Å². The van der Waals surface area contributed by atoms with Gasteiger partial charge in [-0.1, -0.05) is 32.0 Å². The van der Waals surface area contributed by atoms with Gasteiger partial charge in [0.15, 0.2) is 6.61 Å². The van der Waals surface area contributed by atoms with Crippen molar-refractivity contribution in [2.75, 3.05) is 19.7 Å². The van der Waals surface area contributed by atoms with Gasteiger partial charge < -0.3 is 15.4 Å². The summed E-state index contributed by atoms with van der Waals surface area (Å²) in [5.41, 5.74) is 6.99. The first-order chi connectivity index (χ1) is 9.58. The molecule has 0 bridgehead atoms. The predicted molar refractivity (Wildman–Crippen MR) is 79.8 cm³/mol. The molecule has 1 saturated heterocycles. The van der Waals surface area contributed by atoms with Crippen molar-refractivity contribution < 1.29 is 9.53 Å². The lowest BCUT2D eigenvalue weighted by atomic mass is 10.0. The molecule has 1 aliphatic rings. The van der Waals surface area contributed by atoms with Crippen LogP contribution in [0.15, 0.2) is 24.3 Å². The number of ether oxygens (including phenoxy) is 1. The summed E-state index contributed by atoms with van der Waals surface area (Å²) in [5, 5.41) is 0. The van der Waals surface area contributed by atoms with Gasteiger partial charge in [0.05, 0.1) is 0 Å². The molecule has 1 aromatic rings. The van der Waals surface area contributed by atoms with Crippen LogP contribution in [0.5, 0.6) is 5.75 Å². The van der Waals surface area contributed by atoms with Crippen LogP contribution in [0, 0.1) is 0 Å². The molecule has 2 rings (SSSR count). The Morgan fingerprint density at radius 2 is 2.00 bits per heavy atom. The highest BCUT2D eigenvalue weighted by Crippen LogP contribution is 2.25. The minimum Gasteiger partial charge on any atom is -0.483 e. The Hall–Kier alpha value is -1.55. The molecule has 1 aliphatic heterocycles. The van der Waals surface area contributed by atoms with Gasteiger partial charge in [-0.25, -0.2) is 0 Å². The number of likely N-dealkylation sites (tertiary alicyclic amines) is 1. The molecule has 4 nitrogen and oxygen atoms in total. The minimum absolute atomic E-state index is 0.0514. The van der Waals surface area contributed by atoms with E-state index in [0.717, 1.165) is 37.2 Å². The van der Waals surface area contributed by atoms with Gasteiger partial charge >= 0.3 is 0 Å². The zero-order chi connectivity index (χ0) is 14.5. The standard InChI is InChI=1S/C16H24N2O2/c1-12(2)14-5-3-4-6-15(14)20-11-16(19)18-9-7-13(17)8-10-18/h3-6,12-13H,7-11,17H2,1-2H3. The number of benzene rings is 1. The second-order valence-corrected chi connectivity index (χ2v) is 5.70. The van der Waals surface area contributed by atoms with Crippen molar-refractivity contribution in [1.29, 1.82) is 0 Å². The van der Waals surface area contributed by atoms with E-state index >= 15 is 0 Å². The topological polar surface area (TPSA) is 55.6 Å². The molecule has 0 aliphatic carbocycles. The van der Waals surface area contributed by atoms with Crippen molar-refractivity contribution in [3.05, 3.63) is 29.8 Å². The van der Waals surface area contributed by atoms with Gasteiger partial charge in [0.25, 0.3) is 5.91 Å². The molecule has 0 unspecified atom stereocenters. The highest BCUT2D eigenvalue weighted by atomic mass is 16.5. The lowest BCUT2D eigenvalue weighted by molar-refractivity contribution is -0.134. The smallest absolute Gasteiger partial charge is 0.260 e. The molecule has 4 heteroatoms. The summed E-state index contributed by atoms with van der Waals surface area (Å²) < 4.78 is 5.72. The molecule has 0 radical (unpaired) electrons. The second-order valence-electron chi connectivity index (χ2n) is 5.70. The van der Waals surface area contributed by atoms with Crippen molar-refractivity contribution in [3.8, 4) is 5.75 Å². The average molecular weight is 276 g/mol. The van der Waals surface area contributed by atoms with E-state index in [0.29, 0.717) is 5.92 Å². The fourth-order valence-electron chi connectivity index (χ4n) is 2.47. The van der Waals surface area contributed by atoms with Crippen molar-refractivity contribution in [3.63, 3.8) is 0 Å². The van der Waals surface area contributed by atoms with E-state index in [4.69, 9.17) is 10.5 Å². The van der Waals surface area contributed by atoms with Crippen LogP contribution in [0.3, 0.4) is 0 Å². The molecule has 1 heterocycles. The van der Waals surface area contributed by atoms with Crippen LogP contribution in [0.25, 0.3) is 0 Å². The SMILES string of the molecule is CC(C)c1ccccc1OCC(=O)N1CCC(N)CC1. The van der Waals surface area contributed by atoms with Crippen LogP contribution < -0.4 is 10.5 Å². The van der Waals surface area contributed by atoms with Crippen molar-refractivity contribution in [1.82, 2.24) is 4.90 Å². The zero-order valence-electron chi connectivity index (χ0n) is 12.3. The maximum atomic E-state index is 12.1. The van der Waals surface area contributed by atoms with Gasteiger partial charge in [-0.3, -0.25) is 4.79 Å². The van der Waals surface area contributed by atoms with Gasteiger partial charge in [-0.2, -0.15) is 0 Å². The third-order valence-corrected chi connectivity index (χ3v) is 3.78. The monoisotopic (exact) mass is 276 g/mol. The van der Waals surface area contributed by atoms with E-state index in [1.54, 1.807) is 0 Å². The first-order valence-electron chi connectivity index (χ1n) is 7.33. The Kier molecular flexibility index (Phi) is 5.01. The molecule has 1 amide bonds. The molecule has 1 fully saturated rings. The second kappa shape index (κ2) is 6.75. The highest BCUT2D eigenvalue weighted by molar-refractivity contribution is 5.77. The largest absolute Gasteiger partial charge is 0.483 e. The number of piperidine rings is 1. The fourth-order valence-corrected chi connectivity index (χ4v) is 2.47. The Morgan fingerprint density at radius 1 is 1.35 bits per heavy atom. The number of para-hydroxylation sites is 1. The van der Waals surface area contributed by atoms with Crippen molar-refractivity contribution in [2.45, 2.75) is 38.6 Å². The first-order valence-corrected chi connectivity index (χ1v) is 7.33. The Balaban J connectivity index is 1.90. The number of nitrogens with zero attached hydrogens (tertiary/aromatic N) is 1. The van der Waals surface area contributed by atoms with Crippen LogP contribution >= 0.6 is 0 Å². The molecular weight excluding hydrogens is 252 g/mol. The van der Waals surface area contributed by atoms with E-state index in [1.807, 2.05) is 29.2 Å². The number of hydrogen-bond donors (Lipinski definition) is 1. The summed E-state index contributed by atoms with van der Waals surface area (Å²) >= 11 is 0. The number of carbonyl (C=O) groups excluding carboxylic acids is 1. The Labute approximate surface area is 120 Å². The first kappa shape index (κ1) is 14.9. The molecule has 110 valence electrons. The van der Waals surface area contributed by atoms with Crippen molar-refractivity contribution >= 4 is 5.91 Å². The zero-order valence-corrected chi connectivity index (χ0v) is 12.3. The van der Waals surface area contributed by atoms with Crippen LogP contribution in [0.1, 0.15) is 38.2 Å². The summed E-state index contributed by atoms with van der Waals surface area (Å²) in [6, 6.07) is 8.14. The van der Waals surface area contributed by atoms with Crippen LogP contribution in [-0.2, 0) is 4.79 Å². The number of nitrogens with two attached hydrogens (primary N) is 1. The van der Waals surface area contributed by atoms with Gasteiger partial charge in [0.2, 0.25) is 0 Å². The summed E-state index contributed by atoms with van der Waals surface area (Å²) in [6.45, 7) is 5.84. The molecule has 2 N–H and O–H groups in total. The molecule has 1 aromatic carbocycles. The summed E-state index contributed by atoms with van der Waals surface area (Å²) in [5.74, 6) is 1.24. The molecule has 0 aromatic heterocycles. The summed E-state index contributed by atoms with van der Waals surface area (Å²) in [6.07, 6.45) is 1.77. The Bertz CT molecular complexity index is 452. The summed E-state index contributed by atoms with van der Waals surface area (Å²) in [7, 11) is 0. The van der Waals surface area contributed by atoms with Gasteiger partial charge in [-0.15, -0.1) is 0 Å². The molecule has 0 atom stereocenters. The number of carbonyl (C=O) groups is 1. The molecule has 0 saturated carbocycles. The molecule has 0 spiro atoms. The maximum absolute atomic E-state index is 12.1.